The van der Waals surface area contributed by atoms with E-state index in [0.29, 0.717) is 17.9 Å². The quantitative estimate of drug-likeness (QED) is 0.119. The zero-order valence-corrected chi connectivity index (χ0v) is 20.4. The zero-order chi connectivity index (χ0) is 22.7. The molecule has 0 heterocycles. The molecule has 0 saturated carbocycles. The first-order valence-corrected chi connectivity index (χ1v) is 12.0. The minimum atomic E-state index is -0.418. The summed E-state index contributed by atoms with van der Waals surface area (Å²) in [5, 5.41) is 0. The molecule has 0 radical (unpaired) electrons. The van der Waals surface area contributed by atoms with Gasteiger partial charge in [0.2, 0.25) is 0 Å². The van der Waals surface area contributed by atoms with Crippen LogP contribution >= 0.6 is 15.9 Å². The van der Waals surface area contributed by atoms with E-state index in [1.807, 2.05) is 0 Å². The lowest BCUT2D eigenvalue weighted by Gasteiger charge is -2.09. The Labute approximate surface area is 195 Å². The molecule has 1 aromatic rings. The second-order valence-electron chi connectivity index (χ2n) is 7.36. The molecule has 0 atom stereocenters. The standard InChI is InChI=1S/C25H35BrO5/c1-3-4-5-6-7-8-9-10-11-12-13-19-30-24(27)15-14-16-25(28)31-22-18-17-21(26)20-23(22)29-2/h17-18,20H,3-11,14-16,19H2,1-2H3. The number of unbranched alkanes of at least 4 members (excludes halogenated alkanes) is 8. The van der Waals surface area contributed by atoms with E-state index in [-0.39, 0.29) is 25.4 Å². The summed E-state index contributed by atoms with van der Waals surface area (Å²) in [7, 11) is 1.51. The van der Waals surface area contributed by atoms with E-state index in [2.05, 4.69) is 34.7 Å². The Morgan fingerprint density at radius 1 is 0.871 bits per heavy atom. The monoisotopic (exact) mass is 494 g/mol. The van der Waals surface area contributed by atoms with Crippen molar-refractivity contribution in [2.75, 3.05) is 13.7 Å². The lowest BCUT2D eigenvalue weighted by atomic mass is 10.1. The molecule has 31 heavy (non-hydrogen) atoms. The van der Waals surface area contributed by atoms with Crippen LogP contribution in [0.25, 0.3) is 0 Å². The Morgan fingerprint density at radius 3 is 2.26 bits per heavy atom. The van der Waals surface area contributed by atoms with Gasteiger partial charge >= 0.3 is 11.9 Å². The molecule has 0 N–H and O–H groups in total. The fourth-order valence-corrected chi connectivity index (χ4v) is 3.29. The first-order valence-electron chi connectivity index (χ1n) is 11.2. The number of methoxy groups -OCH3 is 1. The normalized spacial score (nSPS) is 10.2. The van der Waals surface area contributed by atoms with Gasteiger partial charge in [-0.05, 0) is 31.0 Å². The van der Waals surface area contributed by atoms with E-state index in [0.717, 1.165) is 17.3 Å². The molecule has 0 unspecified atom stereocenters. The Kier molecular flexibility index (Phi) is 15.4. The number of carbonyl (C=O) groups is 2. The summed E-state index contributed by atoms with van der Waals surface area (Å²) in [6.07, 6.45) is 11.7. The van der Waals surface area contributed by atoms with Crippen molar-refractivity contribution < 1.29 is 23.8 Å². The minimum absolute atomic E-state index is 0.108. The maximum Gasteiger partial charge on any atom is 0.311 e. The fourth-order valence-electron chi connectivity index (χ4n) is 2.95. The molecule has 0 spiro atoms. The van der Waals surface area contributed by atoms with Gasteiger partial charge in [-0.15, -0.1) is 0 Å². The Hall–Kier alpha value is -2.00. The number of hydrogen-bond acceptors (Lipinski definition) is 5. The Bertz CT molecular complexity index is 720. The molecule has 1 rings (SSSR count). The average Bonchev–Trinajstić information content (AvgIpc) is 2.75. The molecular formula is C25H35BrO5. The zero-order valence-electron chi connectivity index (χ0n) is 18.8. The average molecular weight is 495 g/mol. The lowest BCUT2D eigenvalue weighted by Crippen LogP contribution is -2.10. The number of carbonyl (C=O) groups excluding carboxylic acids is 2. The number of rotatable bonds is 15. The number of ether oxygens (including phenoxy) is 3. The molecule has 5 nitrogen and oxygen atoms in total. The van der Waals surface area contributed by atoms with Crippen LogP contribution in [0.15, 0.2) is 22.7 Å². The summed E-state index contributed by atoms with van der Waals surface area (Å²) in [4.78, 5) is 23.7. The van der Waals surface area contributed by atoms with Crippen molar-refractivity contribution >= 4 is 27.9 Å². The first-order chi connectivity index (χ1) is 15.1. The summed E-state index contributed by atoms with van der Waals surface area (Å²) < 4.78 is 16.4. The molecule has 0 saturated heterocycles. The predicted octanol–water partition coefficient (Wildman–Crippen LogP) is 6.61. The van der Waals surface area contributed by atoms with Crippen molar-refractivity contribution in [1.29, 1.82) is 0 Å². The summed E-state index contributed by atoms with van der Waals surface area (Å²) in [6, 6.07) is 5.13. The number of esters is 2. The van der Waals surface area contributed by atoms with E-state index in [1.165, 1.54) is 52.1 Å². The third-order valence-electron chi connectivity index (χ3n) is 4.70. The van der Waals surface area contributed by atoms with Crippen molar-refractivity contribution in [3.63, 3.8) is 0 Å². The van der Waals surface area contributed by atoms with Gasteiger partial charge in [-0.2, -0.15) is 0 Å². The van der Waals surface area contributed by atoms with Crippen molar-refractivity contribution in [1.82, 2.24) is 0 Å². The first kappa shape index (κ1) is 27.0. The maximum atomic E-state index is 12.0. The van der Waals surface area contributed by atoms with Crippen LogP contribution in [0.5, 0.6) is 11.5 Å². The molecule has 0 aliphatic heterocycles. The highest BCUT2D eigenvalue weighted by Crippen LogP contribution is 2.30. The molecule has 0 aliphatic carbocycles. The van der Waals surface area contributed by atoms with Crippen LogP contribution in [0.1, 0.15) is 84.0 Å². The summed E-state index contributed by atoms with van der Waals surface area (Å²) in [5.41, 5.74) is 0. The molecule has 0 bridgehead atoms. The molecule has 6 heteroatoms. The van der Waals surface area contributed by atoms with Gasteiger partial charge in [0.25, 0.3) is 0 Å². The highest BCUT2D eigenvalue weighted by atomic mass is 79.9. The van der Waals surface area contributed by atoms with Gasteiger partial charge in [-0.25, -0.2) is 0 Å². The van der Waals surface area contributed by atoms with Crippen LogP contribution in [0.3, 0.4) is 0 Å². The van der Waals surface area contributed by atoms with Crippen molar-refractivity contribution in [3.8, 4) is 23.3 Å². The van der Waals surface area contributed by atoms with Crippen LogP contribution in [-0.4, -0.2) is 25.7 Å². The SMILES string of the molecule is CCCCCCCCCCC#CCOC(=O)CCCC(=O)Oc1ccc(Br)cc1OC. The molecule has 0 amide bonds. The molecule has 0 aliphatic rings. The smallest absolute Gasteiger partial charge is 0.311 e. The van der Waals surface area contributed by atoms with Crippen LogP contribution in [0.4, 0.5) is 0 Å². The lowest BCUT2D eigenvalue weighted by molar-refractivity contribution is -0.142. The van der Waals surface area contributed by atoms with Gasteiger partial charge < -0.3 is 14.2 Å². The van der Waals surface area contributed by atoms with Crippen molar-refractivity contribution in [3.05, 3.63) is 22.7 Å². The summed E-state index contributed by atoms with van der Waals surface area (Å²) in [5.74, 6) is 5.98. The van der Waals surface area contributed by atoms with Crippen LogP contribution < -0.4 is 9.47 Å². The van der Waals surface area contributed by atoms with E-state index in [9.17, 15) is 9.59 Å². The second kappa shape index (κ2) is 17.7. The minimum Gasteiger partial charge on any atom is -0.493 e. The maximum absolute atomic E-state index is 12.0. The largest absolute Gasteiger partial charge is 0.493 e. The second-order valence-corrected chi connectivity index (χ2v) is 8.28. The highest BCUT2D eigenvalue weighted by molar-refractivity contribution is 9.10. The van der Waals surface area contributed by atoms with Crippen molar-refractivity contribution in [2.45, 2.75) is 84.0 Å². The summed E-state index contributed by atoms with van der Waals surface area (Å²) in [6.45, 7) is 2.34. The van der Waals surface area contributed by atoms with E-state index >= 15 is 0 Å². The molecule has 0 aromatic heterocycles. The number of benzene rings is 1. The summed E-state index contributed by atoms with van der Waals surface area (Å²) >= 11 is 3.33. The van der Waals surface area contributed by atoms with Crippen LogP contribution in [-0.2, 0) is 14.3 Å². The van der Waals surface area contributed by atoms with Crippen LogP contribution in [0.2, 0.25) is 0 Å². The number of hydrogen-bond donors (Lipinski definition) is 0. The van der Waals surface area contributed by atoms with Gasteiger partial charge in [-0.1, -0.05) is 79.6 Å². The Morgan fingerprint density at radius 2 is 1.55 bits per heavy atom. The molecule has 172 valence electrons. The fraction of sp³-hybridized carbons (Fsp3) is 0.600. The third-order valence-corrected chi connectivity index (χ3v) is 5.19. The Balaban J connectivity index is 2.06. The van der Waals surface area contributed by atoms with Gasteiger partial charge in [0.05, 0.1) is 7.11 Å². The van der Waals surface area contributed by atoms with Gasteiger partial charge in [0.1, 0.15) is 0 Å². The number of halogens is 1. The van der Waals surface area contributed by atoms with E-state index in [4.69, 9.17) is 14.2 Å². The van der Waals surface area contributed by atoms with Gasteiger partial charge in [0, 0.05) is 23.7 Å². The van der Waals surface area contributed by atoms with Crippen molar-refractivity contribution in [2.24, 2.45) is 0 Å². The van der Waals surface area contributed by atoms with Crippen LogP contribution in [0, 0.1) is 11.8 Å². The van der Waals surface area contributed by atoms with E-state index in [1.54, 1.807) is 18.2 Å². The van der Waals surface area contributed by atoms with Gasteiger partial charge in [0.15, 0.2) is 18.1 Å². The van der Waals surface area contributed by atoms with Gasteiger partial charge in [-0.3, -0.25) is 9.59 Å². The topological polar surface area (TPSA) is 61.8 Å². The van der Waals surface area contributed by atoms with E-state index < -0.39 is 5.97 Å². The molecule has 1 aromatic carbocycles. The predicted molar refractivity (Wildman–Crippen MR) is 126 cm³/mol. The highest BCUT2D eigenvalue weighted by Gasteiger charge is 2.11. The molecule has 0 fully saturated rings. The molecular weight excluding hydrogens is 460 g/mol. The third kappa shape index (κ3) is 13.8.